The number of allylic oxidation sites excluding steroid dienone is 2. The Morgan fingerprint density at radius 3 is 2.57 bits per heavy atom. The molecule has 23 heavy (non-hydrogen) atoms. The van der Waals surface area contributed by atoms with E-state index < -0.39 is 0 Å². The molecule has 1 saturated heterocycles. The maximum absolute atomic E-state index is 5.77. The molecule has 128 valence electrons. The standard InChI is InChI=1S/C21H32O2/c1-5-18-11-13-19(14-12-18)22-16-8-6-7-9-17(2)10-15-20-21(3,4)23-20/h7,9,11-14,17,20H,5-6,8,10,15-16H2,1-4H3. The molecule has 1 heterocycles. The molecule has 2 nitrogen and oxygen atoms in total. The van der Waals surface area contributed by atoms with Crippen molar-refractivity contribution < 1.29 is 9.47 Å². The van der Waals surface area contributed by atoms with Gasteiger partial charge in [0.1, 0.15) is 5.75 Å². The van der Waals surface area contributed by atoms with Crippen LogP contribution in [0.4, 0.5) is 0 Å². The molecule has 0 radical (unpaired) electrons. The van der Waals surface area contributed by atoms with E-state index in [2.05, 4.69) is 64.1 Å². The molecule has 0 bridgehead atoms. The molecule has 2 rings (SSSR count). The lowest BCUT2D eigenvalue weighted by Crippen LogP contribution is -2.04. The van der Waals surface area contributed by atoms with Gasteiger partial charge in [0.05, 0.1) is 18.3 Å². The minimum absolute atomic E-state index is 0.135. The van der Waals surface area contributed by atoms with Gasteiger partial charge >= 0.3 is 0 Å². The average Bonchev–Trinajstić information content (AvgIpc) is 3.16. The highest BCUT2D eigenvalue weighted by Crippen LogP contribution is 2.39. The Morgan fingerprint density at radius 1 is 1.26 bits per heavy atom. The zero-order chi connectivity index (χ0) is 16.7. The zero-order valence-electron chi connectivity index (χ0n) is 15.2. The number of hydrogen-bond acceptors (Lipinski definition) is 2. The van der Waals surface area contributed by atoms with Crippen molar-refractivity contribution in [2.45, 2.75) is 71.5 Å². The SMILES string of the molecule is CCc1ccc(OCCCC=CC(C)CCC2OC2(C)C)cc1. The Bertz CT molecular complexity index is 487. The van der Waals surface area contributed by atoms with Gasteiger partial charge in [0.25, 0.3) is 0 Å². The summed E-state index contributed by atoms with van der Waals surface area (Å²) in [5.74, 6) is 1.61. The van der Waals surface area contributed by atoms with Crippen LogP contribution in [0.25, 0.3) is 0 Å². The average molecular weight is 316 g/mol. The maximum atomic E-state index is 5.77. The molecule has 0 saturated carbocycles. The molecule has 2 atom stereocenters. The van der Waals surface area contributed by atoms with Gasteiger partial charge in [-0.05, 0) is 69.6 Å². The van der Waals surface area contributed by atoms with E-state index in [4.69, 9.17) is 9.47 Å². The van der Waals surface area contributed by atoms with Gasteiger partial charge in [-0.25, -0.2) is 0 Å². The zero-order valence-corrected chi connectivity index (χ0v) is 15.2. The summed E-state index contributed by atoms with van der Waals surface area (Å²) in [4.78, 5) is 0. The van der Waals surface area contributed by atoms with E-state index in [1.165, 1.54) is 18.4 Å². The van der Waals surface area contributed by atoms with Crippen LogP contribution in [-0.4, -0.2) is 18.3 Å². The van der Waals surface area contributed by atoms with Crippen LogP contribution in [-0.2, 0) is 11.2 Å². The number of hydrogen-bond donors (Lipinski definition) is 0. The molecular weight excluding hydrogens is 284 g/mol. The second-order valence-corrected chi connectivity index (χ2v) is 7.18. The third-order valence-electron chi connectivity index (χ3n) is 4.63. The van der Waals surface area contributed by atoms with Crippen molar-refractivity contribution in [3.63, 3.8) is 0 Å². The summed E-state index contributed by atoms with van der Waals surface area (Å²) < 4.78 is 11.4. The van der Waals surface area contributed by atoms with E-state index in [9.17, 15) is 0 Å². The molecule has 0 amide bonds. The van der Waals surface area contributed by atoms with E-state index in [0.717, 1.165) is 31.6 Å². The van der Waals surface area contributed by atoms with Gasteiger partial charge in [0.15, 0.2) is 0 Å². The second-order valence-electron chi connectivity index (χ2n) is 7.18. The van der Waals surface area contributed by atoms with Gasteiger partial charge in [-0.1, -0.05) is 38.1 Å². The molecule has 0 spiro atoms. The first kappa shape index (κ1) is 18.1. The van der Waals surface area contributed by atoms with Gasteiger partial charge < -0.3 is 9.47 Å². The Morgan fingerprint density at radius 2 is 1.96 bits per heavy atom. The van der Waals surface area contributed by atoms with Crippen LogP contribution in [0.3, 0.4) is 0 Å². The molecule has 1 aromatic rings. The topological polar surface area (TPSA) is 21.8 Å². The summed E-state index contributed by atoms with van der Waals surface area (Å²) in [5.41, 5.74) is 1.49. The van der Waals surface area contributed by atoms with Gasteiger partial charge in [-0.2, -0.15) is 0 Å². The molecule has 1 fully saturated rings. The Kier molecular flexibility index (Phi) is 6.71. The fourth-order valence-electron chi connectivity index (χ4n) is 2.79. The lowest BCUT2D eigenvalue weighted by Gasteiger charge is -2.06. The van der Waals surface area contributed by atoms with Crippen LogP contribution in [0.2, 0.25) is 0 Å². The quantitative estimate of drug-likeness (QED) is 0.320. The number of unbranched alkanes of at least 4 members (excludes halogenated alkanes) is 1. The predicted molar refractivity (Wildman–Crippen MR) is 97.0 cm³/mol. The van der Waals surface area contributed by atoms with Crippen molar-refractivity contribution >= 4 is 0 Å². The molecule has 2 heteroatoms. The van der Waals surface area contributed by atoms with Crippen molar-refractivity contribution in [1.29, 1.82) is 0 Å². The molecular formula is C21H32O2. The smallest absolute Gasteiger partial charge is 0.119 e. The summed E-state index contributed by atoms with van der Waals surface area (Å²) >= 11 is 0. The summed E-state index contributed by atoms with van der Waals surface area (Å²) in [6.45, 7) is 9.59. The third-order valence-corrected chi connectivity index (χ3v) is 4.63. The largest absolute Gasteiger partial charge is 0.494 e. The predicted octanol–water partition coefficient (Wildman–Crippen LogP) is 5.56. The summed E-state index contributed by atoms with van der Waals surface area (Å²) in [5, 5.41) is 0. The van der Waals surface area contributed by atoms with Crippen LogP contribution >= 0.6 is 0 Å². The number of rotatable bonds is 10. The number of epoxide rings is 1. The Hall–Kier alpha value is -1.28. The first-order valence-corrected chi connectivity index (χ1v) is 9.07. The molecule has 1 aliphatic heterocycles. The number of aryl methyl sites for hydroxylation is 1. The van der Waals surface area contributed by atoms with Gasteiger partial charge in [0, 0.05) is 0 Å². The highest BCUT2D eigenvalue weighted by molar-refractivity contribution is 5.27. The molecule has 2 unspecified atom stereocenters. The van der Waals surface area contributed by atoms with E-state index in [-0.39, 0.29) is 5.60 Å². The molecule has 0 aromatic heterocycles. The van der Waals surface area contributed by atoms with Crippen LogP contribution in [0.5, 0.6) is 5.75 Å². The maximum Gasteiger partial charge on any atom is 0.119 e. The monoisotopic (exact) mass is 316 g/mol. The molecule has 1 aromatic carbocycles. The van der Waals surface area contributed by atoms with Gasteiger partial charge in [-0.3, -0.25) is 0 Å². The number of benzene rings is 1. The van der Waals surface area contributed by atoms with Crippen molar-refractivity contribution in [3.8, 4) is 5.75 Å². The molecule has 1 aliphatic rings. The normalized spacial score (nSPS) is 20.6. The first-order chi connectivity index (χ1) is 11.0. The molecule has 0 aliphatic carbocycles. The Balaban J connectivity index is 1.52. The lowest BCUT2D eigenvalue weighted by molar-refractivity contribution is 0.312. The fourth-order valence-corrected chi connectivity index (χ4v) is 2.79. The van der Waals surface area contributed by atoms with Crippen molar-refractivity contribution in [2.24, 2.45) is 5.92 Å². The summed E-state index contributed by atoms with van der Waals surface area (Å²) in [7, 11) is 0. The minimum atomic E-state index is 0.135. The van der Waals surface area contributed by atoms with E-state index in [1.54, 1.807) is 0 Å². The van der Waals surface area contributed by atoms with E-state index in [1.807, 2.05) is 0 Å². The first-order valence-electron chi connectivity index (χ1n) is 9.07. The minimum Gasteiger partial charge on any atom is -0.494 e. The van der Waals surface area contributed by atoms with E-state index in [0.29, 0.717) is 12.0 Å². The van der Waals surface area contributed by atoms with Crippen molar-refractivity contribution in [1.82, 2.24) is 0 Å². The second kappa shape index (κ2) is 8.54. The molecule has 0 N–H and O–H groups in total. The number of ether oxygens (including phenoxy) is 2. The van der Waals surface area contributed by atoms with Crippen molar-refractivity contribution in [3.05, 3.63) is 42.0 Å². The Labute approximate surface area is 141 Å². The van der Waals surface area contributed by atoms with Crippen LogP contribution in [0, 0.1) is 5.92 Å². The van der Waals surface area contributed by atoms with Gasteiger partial charge in [-0.15, -0.1) is 0 Å². The fraction of sp³-hybridized carbons (Fsp3) is 0.619. The van der Waals surface area contributed by atoms with Crippen LogP contribution in [0.15, 0.2) is 36.4 Å². The van der Waals surface area contributed by atoms with Crippen molar-refractivity contribution in [2.75, 3.05) is 6.61 Å². The highest BCUT2D eigenvalue weighted by atomic mass is 16.6. The van der Waals surface area contributed by atoms with Crippen LogP contribution in [0.1, 0.15) is 58.9 Å². The highest BCUT2D eigenvalue weighted by Gasteiger charge is 2.46. The lowest BCUT2D eigenvalue weighted by atomic mass is 9.99. The van der Waals surface area contributed by atoms with Gasteiger partial charge in [0.2, 0.25) is 0 Å². The summed E-state index contributed by atoms with van der Waals surface area (Å²) in [6, 6.07) is 8.42. The summed E-state index contributed by atoms with van der Waals surface area (Å²) in [6.07, 6.45) is 10.7. The van der Waals surface area contributed by atoms with Crippen LogP contribution < -0.4 is 4.74 Å². The van der Waals surface area contributed by atoms with E-state index >= 15 is 0 Å². The third kappa shape index (κ3) is 6.39.